The molecule has 0 bridgehead atoms. The third-order valence-corrected chi connectivity index (χ3v) is 4.91. The smallest absolute Gasteiger partial charge is 0.259 e. The van der Waals surface area contributed by atoms with Crippen LogP contribution < -0.4 is 10.1 Å². The van der Waals surface area contributed by atoms with Crippen molar-refractivity contribution < 1.29 is 13.9 Å². The van der Waals surface area contributed by atoms with Gasteiger partial charge in [-0.2, -0.15) is 0 Å². The monoisotopic (exact) mass is 453 g/mol. The van der Waals surface area contributed by atoms with Crippen molar-refractivity contribution >= 4 is 33.2 Å². The van der Waals surface area contributed by atoms with Crippen molar-refractivity contribution in [2.75, 3.05) is 5.32 Å². The molecule has 2 aromatic heterocycles. The number of imidazole rings is 1. The van der Waals surface area contributed by atoms with Crippen LogP contribution in [0.2, 0.25) is 0 Å². The number of ether oxygens (including phenoxy) is 1. The molecule has 0 saturated carbocycles. The van der Waals surface area contributed by atoms with Crippen molar-refractivity contribution in [2.24, 2.45) is 0 Å². The molecular formula is C22H17BrFN3O2. The number of nitrogens with zero attached hydrogens (tertiary/aromatic N) is 2. The van der Waals surface area contributed by atoms with Crippen molar-refractivity contribution in [1.82, 2.24) is 9.38 Å². The fourth-order valence-corrected chi connectivity index (χ4v) is 3.32. The molecule has 0 aliphatic heterocycles. The Hall–Kier alpha value is -3.19. The van der Waals surface area contributed by atoms with Gasteiger partial charge in [0.05, 0.1) is 16.9 Å². The maximum Gasteiger partial charge on any atom is 0.259 e. The first-order valence-electron chi connectivity index (χ1n) is 8.93. The second kappa shape index (κ2) is 8.05. The molecular weight excluding hydrogens is 437 g/mol. The number of amides is 1. The van der Waals surface area contributed by atoms with Gasteiger partial charge in [-0.25, -0.2) is 9.37 Å². The van der Waals surface area contributed by atoms with Crippen LogP contribution in [0.3, 0.4) is 0 Å². The zero-order valence-corrected chi connectivity index (χ0v) is 17.1. The highest BCUT2D eigenvalue weighted by atomic mass is 79.9. The predicted octanol–water partition coefficient (Wildman–Crippen LogP) is 5.38. The molecule has 0 unspecified atom stereocenters. The Morgan fingerprint density at radius 2 is 2.03 bits per heavy atom. The topological polar surface area (TPSA) is 55.6 Å². The fourth-order valence-electron chi connectivity index (χ4n) is 2.99. The number of para-hydroxylation sites is 1. The lowest BCUT2D eigenvalue weighted by Crippen LogP contribution is -2.14. The number of halogens is 2. The van der Waals surface area contributed by atoms with Crippen LogP contribution in [0.4, 0.5) is 10.1 Å². The Labute approximate surface area is 175 Å². The van der Waals surface area contributed by atoms with Gasteiger partial charge < -0.3 is 14.5 Å². The van der Waals surface area contributed by atoms with Gasteiger partial charge in [-0.1, -0.05) is 34.1 Å². The van der Waals surface area contributed by atoms with Gasteiger partial charge in [0.25, 0.3) is 5.91 Å². The lowest BCUT2D eigenvalue weighted by atomic mass is 10.2. The van der Waals surface area contributed by atoms with Crippen LogP contribution in [0.15, 0.2) is 71.5 Å². The number of carbonyl (C=O) groups excluding carboxylic acids is 1. The van der Waals surface area contributed by atoms with E-state index in [-0.39, 0.29) is 12.3 Å². The number of rotatable bonds is 5. The lowest BCUT2D eigenvalue weighted by molar-refractivity contribution is 0.102. The highest BCUT2D eigenvalue weighted by Crippen LogP contribution is 2.24. The molecule has 0 aliphatic rings. The molecule has 0 spiro atoms. The molecule has 4 aromatic rings. The number of benzene rings is 2. The van der Waals surface area contributed by atoms with Crippen LogP contribution in [-0.4, -0.2) is 15.3 Å². The molecule has 0 saturated heterocycles. The number of aryl methyl sites for hydroxylation is 1. The normalized spacial score (nSPS) is 10.9. The molecule has 5 nitrogen and oxygen atoms in total. The molecule has 146 valence electrons. The van der Waals surface area contributed by atoms with Crippen molar-refractivity contribution in [1.29, 1.82) is 0 Å². The average Bonchev–Trinajstić information content (AvgIpc) is 3.13. The van der Waals surface area contributed by atoms with Gasteiger partial charge in [-0.3, -0.25) is 4.79 Å². The number of nitrogens with one attached hydrogen (secondary N) is 1. The number of anilines is 1. The molecule has 2 aromatic carbocycles. The highest BCUT2D eigenvalue weighted by molar-refractivity contribution is 9.10. The minimum Gasteiger partial charge on any atom is -0.486 e. The summed E-state index contributed by atoms with van der Waals surface area (Å²) >= 11 is 3.20. The van der Waals surface area contributed by atoms with Crippen molar-refractivity contribution in [3.63, 3.8) is 0 Å². The van der Waals surface area contributed by atoms with Crippen LogP contribution in [0, 0.1) is 12.7 Å². The molecule has 29 heavy (non-hydrogen) atoms. The summed E-state index contributed by atoms with van der Waals surface area (Å²) in [4.78, 5) is 17.3. The largest absolute Gasteiger partial charge is 0.486 e. The van der Waals surface area contributed by atoms with Gasteiger partial charge in [0.2, 0.25) is 0 Å². The summed E-state index contributed by atoms with van der Waals surface area (Å²) in [6, 6.07) is 15.2. The van der Waals surface area contributed by atoms with Gasteiger partial charge in [0.1, 0.15) is 23.8 Å². The SMILES string of the molecule is Cc1cccn2cc(COc3ccccc3C(=O)Nc3ccc(Br)cc3F)nc12. The van der Waals surface area contributed by atoms with Crippen LogP contribution >= 0.6 is 15.9 Å². The first-order chi connectivity index (χ1) is 14.0. The quantitative estimate of drug-likeness (QED) is 0.441. The van der Waals surface area contributed by atoms with E-state index in [1.807, 2.05) is 35.9 Å². The first kappa shape index (κ1) is 19.1. The summed E-state index contributed by atoms with van der Waals surface area (Å²) in [6.07, 6.45) is 3.81. The lowest BCUT2D eigenvalue weighted by Gasteiger charge is -2.11. The minimum absolute atomic E-state index is 0.101. The van der Waals surface area contributed by atoms with E-state index >= 15 is 0 Å². The van der Waals surface area contributed by atoms with Crippen LogP contribution in [0.1, 0.15) is 21.6 Å². The maximum absolute atomic E-state index is 14.0. The van der Waals surface area contributed by atoms with Gasteiger partial charge in [0.15, 0.2) is 0 Å². The Kier molecular flexibility index (Phi) is 5.31. The molecule has 0 atom stereocenters. The molecule has 2 heterocycles. The van der Waals surface area contributed by atoms with Gasteiger partial charge >= 0.3 is 0 Å². The third kappa shape index (κ3) is 4.14. The third-order valence-electron chi connectivity index (χ3n) is 4.41. The van der Waals surface area contributed by atoms with Crippen LogP contribution in [0.5, 0.6) is 5.75 Å². The molecule has 7 heteroatoms. The summed E-state index contributed by atoms with van der Waals surface area (Å²) in [5.41, 5.74) is 3.09. The Morgan fingerprint density at radius 3 is 2.83 bits per heavy atom. The van der Waals surface area contributed by atoms with E-state index in [4.69, 9.17) is 4.74 Å². The maximum atomic E-state index is 14.0. The van der Waals surface area contributed by atoms with Gasteiger partial charge in [-0.15, -0.1) is 0 Å². The van der Waals surface area contributed by atoms with Crippen molar-refractivity contribution in [3.05, 3.63) is 94.1 Å². The molecule has 0 aliphatic carbocycles. The van der Waals surface area contributed by atoms with E-state index in [1.54, 1.807) is 30.3 Å². The molecule has 0 radical (unpaired) electrons. The van der Waals surface area contributed by atoms with E-state index in [1.165, 1.54) is 12.1 Å². The number of aromatic nitrogens is 2. The van der Waals surface area contributed by atoms with Crippen molar-refractivity contribution in [3.8, 4) is 5.75 Å². The molecule has 1 N–H and O–H groups in total. The zero-order chi connectivity index (χ0) is 20.4. The number of fused-ring (bicyclic) bond motifs is 1. The summed E-state index contributed by atoms with van der Waals surface area (Å²) < 4.78 is 22.4. The Bertz CT molecular complexity index is 1210. The van der Waals surface area contributed by atoms with Gasteiger partial charge in [-0.05, 0) is 48.9 Å². The predicted molar refractivity (Wildman–Crippen MR) is 113 cm³/mol. The Morgan fingerprint density at radius 1 is 1.21 bits per heavy atom. The average molecular weight is 454 g/mol. The van der Waals surface area contributed by atoms with Crippen LogP contribution in [0.25, 0.3) is 5.65 Å². The number of hydrogen-bond acceptors (Lipinski definition) is 3. The van der Waals surface area contributed by atoms with E-state index in [0.717, 1.165) is 16.9 Å². The summed E-state index contributed by atoms with van der Waals surface area (Å²) in [7, 11) is 0. The van der Waals surface area contributed by atoms with E-state index in [0.29, 0.717) is 15.8 Å². The summed E-state index contributed by atoms with van der Waals surface area (Å²) in [5, 5.41) is 2.59. The summed E-state index contributed by atoms with van der Waals surface area (Å²) in [6.45, 7) is 2.20. The molecule has 4 rings (SSSR count). The van der Waals surface area contributed by atoms with Gasteiger partial charge in [0, 0.05) is 16.9 Å². The van der Waals surface area contributed by atoms with E-state index in [9.17, 15) is 9.18 Å². The van der Waals surface area contributed by atoms with Crippen molar-refractivity contribution in [2.45, 2.75) is 13.5 Å². The van der Waals surface area contributed by atoms with Crippen LogP contribution in [-0.2, 0) is 6.61 Å². The molecule has 0 fully saturated rings. The Balaban J connectivity index is 1.53. The number of hydrogen-bond donors (Lipinski definition) is 1. The summed E-state index contributed by atoms with van der Waals surface area (Å²) in [5.74, 6) is -0.574. The second-order valence-corrected chi connectivity index (χ2v) is 7.43. The number of carbonyl (C=O) groups is 1. The standard InChI is InChI=1S/C22H17BrFN3O2/c1-14-5-4-10-27-12-16(25-21(14)27)13-29-20-7-3-2-6-17(20)22(28)26-19-9-8-15(23)11-18(19)24/h2-12H,13H2,1H3,(H,26,28). The first-order valence-corrected chi connectivity index (χ1v) is 9.72. The fraction of sp³-hybridized carbons (Fsp3) is 0.0909. The minimum atomic E-state index is -0.522. The highest BCUT2D eigenvalue weighted by Gasteiger charge is 2.15. The van der Waals surface area contributed by atoms with E-state index in [2.05, 4.69) is 26.2 Å². The van der Waals surface area contributed by atoms with E-state index < -0.39 is 11.7 Å². The zero-order valence-electron chi connectivity index (χ0n) is 15.5. The molecule has 1 amide bonds. The second-order valence-electron chi connectivity index (χ2n) is 6.52. The number of pyridine rings is 1.